The van der Waals surface area contributed by atoms with E-state index in [9.17, 15) is 14.4 Å². The van der Waals surface area contributed by atoms with Crippen molar-refractivity contribution in [3.05, 3.63) is 0 Å². The molecule has 0 aromatic rings. The molecule has 1 atom stereocenters. The molecule has 1 aliphatic heterocycles. The minimum absolute atomic E-state index is 0.348. The summed E-state index contributed by atoms with van der Waals surface area (Å²) in [6.45, 7) is 2.98. The van der Waals surface area contributed by atoms with Crippen LogP contribution in [-0.4, -0.2) is 39.7 Å². The Hall–Kier alpha value is -1.39. The third kappa shape index (κ3) is 1.49. The van der Waals surface area contributed by atoms with E-state index in [1.54, 1.807) is 0 Å². The summed E-state index contributed by atoms with van der Waals surface area (Å²) in [6.07, 6.45) is 1.03. The van der Waals surface area contributed by atoms with Crippen LogP contribution in [-0.2, 0) is 14.4 Å². The molecule has 0 unspecified atom stereocenters. The van der Waals surface area contributed by atoms with Crippen molar-refractivity contribution in [2.75, 3.05) is 6.54 Å². The lowest BCUT2D eigenvalue weighted by molar-refractivity contribution is -0.157. The molecule has 0 radical (unpaired) electrons. The first-order valence-electron chi connectivity index (χ1n) is 4.45. The van der Waals surface area contributed by atoms with E-state index in [4.69, 9.17) is 5.11 Å². The molecule has 1 rings (SSSR count). The third-order valence-electron chi connectivity index (χ3n) is 2.65. The van der Waals surface area contributed by atoms with Crippen molar-refractivity contribution in [2.24, 2.45) is 0 Å². The molecular weight excluding hydrogens is 186 g/mol. The molecule has 0 aromatic carbocycles. The Kier molecular flexibility index (Phi) is 2.59. The first-order chi connectivity index (χ1) is 6.39. The summed E-state index contributed by atoms with van der Waals surface area (Å²) in [5.41, 5.74) is -1.21. The predicted octanol–water partition coefficient (Wildman–Crippen LogP) is 0.0411. The van der Waals surface area contributed by atoms with E-state index in [-0.39, 0.29) is 0 Å². The number of Topliss-reactive ketones (excluding diaryl/α,β-unsaturated/α-hetero) is 1. The monoisotopic (exact) mass is 199 g/mol. The Balaban J connectivity index is 2.94. The number of hydrogen-bond acceptors (Lipinski definition) is 3. The first kappa shape index (κ1) is 10.7. The average Bonchev–Trinajstić information content (AvgIpc) is 2.47. The Morgan fingerprint density at radius 2 is 1.93 bits per heavy atom. The van der Waals surface area contributed by atoms with E-state index in [0.717, 1.165) is 11.8 Å². The normalized spacial score (nSPS) is 26.3. The predicted molar refractivity (Wildman–Crippen MR) is 47.7 cm³/mol. The maximum Gasteiger partial charge on any atom is 0.329 e. The van der Waals surface area contributed by atoms with E-state index in [0.29, 0.717) is 19.4 Å². The number of rotatable bonds is 2. The van der Waals surface area contributed by atoms with Crippen LogP contribution in [0, 0.1) is 0 Å². The van der Waals surface area contributed by atoms with Crippen molar-refractivity contribution in [1.82, 2.24) is 4.90 Å². The molecule has 0 aliphatic carbocycles. The van der Waals surface area contributed by atoms with Crippen LogP contribution in [0.3, 0.4) is 0 Å². The van der Waals surface area contributed by atoms with Crippen LogP contribution in [0.15, 0.2) is 0 Å². The second-order valence-corrected chi connectivity index (χ2v) is 3.70. The van der Waals surface area contributed by atoms with Crippen molar-refractivity contribution in [1.29, 1.82) is 0 Å². The highest BCUT2D eigenvalue weighted by atomic mass is 16.4. The van der Waals surface area contributed by atoms with Crippen molar-refractivity contribution < 1.29 is 19.5 Å². The molecule has 5 nitrogen and oxygen atoms in total. The first-order valence-corrected chi connectivity index (χ1v) is 4.45. The Morgan fingerprint density at radius 1 is 1.36 bits per heavy atom. The van der Waals surface area contributed by atoms with E-state index >= 15 is 0 Å². The van der Waals surface area contributed by atoms with Gasteiger partial charge in [0.2, 0.25) is 5.78 Å². The van der Waals surface area contributed by atoms with E-state index in [1.807, 2.05) is 0 Å². The number of aliphatic carboxylic acids is 1. The Morgan fingerprint density at radius 3 is 2.36 bits per heavy atom. The van der Waals surface area contributed by atoms with Crippen LogP contribution in [0.25, 0.3) is 0 Å². The molecule has 1 amide bonds. The summed E-state index contributed by atoms with van der Waals surface area (Å²) >= 11 is 0. The molecule has 14 heavy (non-hydrogen) atoms. The van der Waals surface area contributed by atoms with Gasteiger partial charge < -0.3 is 10.0 Å². The smallest absolute Gasteiger partial charge is 0.329 e. The number of carbonyl (C=O) groups is 3. The molecule has 5 heteroatoms. The van der Waals surface area contributed by atoms with Crippen molar-refractivity contribution in [3.8, 4) is 0 Å². The molecule has 0 bridgehead atoms. The fourth-order valence-electron chi connectivity index (χ4n) is 1.70. The number of nitrogens with zero attached hydrogens (tertiary/aromatic N) is 1. The summed E-state index contributed by atoms with van der Waals surface area (Å²) < 4.78 is 0. The maximum absolute atomic E-state index is 11.4. The van der Waals surface area contributed by atoms with Gasteiger partial charge in [-0.15, -0.1) is 0 Å². The van der Waals surface area contributed by atoms with Gasteiger partial charge in [0.15, 0.2) is 0 Å². The van der Waals surface area contributed by atoms with Crippen LogP contribution in [0.5, 0.6) is 0 Å². The number of likely N-dealkylation sites (tertiary alicyclic amines) is 1. The summed E-state index contributed by atoms with van der Waals surface area (Å²) in [7, 11) is 0. The second kappa shape index (κ2) is 3.40. The van der Waals surface area contributed by atoms with Gasteiger partial charge in [0, 0.05) is 13.5 Å². The zero-order valence-electron chi connectivity index (χ0n) is 8.24. The summed E-state index contributed by atoms with van der Waals surface area (Å²) in [4.78, 5) is 34.3. The van der Waals surface area contributed by atoms with Crippen LogP contribution >= 0.6 is 0 Å². The lowest BCUT2D eigenvalue weighted by Gasteiger charge is -2.30. The maximum atomic E-state index is 11.4. The standard InChI is InChI=1S/C9H13NO4/c1-6(11)7(12)10-5-3-4-9(10,2)8(13)14/h3-5H2,1-2H3,(H,13,14)/t9-/m1/s1. The topological polar surface area (TPSA) is 74.7 Å². The van der Waals surface area contributed by atoms with E-state index in [1.165, 1.54) is 6.92 Å². The molecule has 1 heterocycles. The fourth-order valence-corrected chi connectivity index (χ4v) is 1.70. The van der Waals surface area contributed by atoms with Crippen molar-refractivity contribution in [2.45, 2.75) is 32.2 Å². The third-order valence-corrected chi connectivity index (χ3v) is 2.65. The Bertz CT molecular complexity index is 299. The van der Waals surface area contributed by atoms with Crippen LogP contribution in [0.1, 0.15) is 26.7 Å². The minimum Gasteiger partial charge on any atom is -0.480 e. The van der Waals surface area contributed by atoms with E-state index in [2.05, 4.69) is 0 Å². The zero-order valence-corrected chi connectivity index (χ0v) is 8.24. The molecule has 1 fully saturated rings. The quantitative estimate of drug-likeness (QED) is 0.637. The van der Waals surface area contributed by atoms with Gasteiger partial charge in [0.1, 0.15) is 5.54 Å². The van der Waals surface area contributed by atoms with E-state index < -0.39 is 23.2 Å². The van der Waals surface area contributed by atoms with Crippen molar-refractivity contribution >= 4 is 17.7 Å². The second-order valence-electron chi connectivity index (χ2n) is 3.70. The Labute approximate surface area is 81.7 Å². The van der Waals surface area contributed by atoms with Gasteiger partial charge in [-0.3, -0.25) is 9.59 Å². The summed E-state index contributed by atoms with van der Waals surface area (Å²) in [6, 6.07) is 0. The van der Waals surface area contributed by atoms with Gasteiger partial charge in [0.25, 0.3) is 5.91 Å². The minimum atomic E-state index is -1.21. The molecule has 0 spiro atoms. The van der Waals surface area contributed by atoms with Gasteiger partial charge in [-0.25, -0.2) is 4.79 Å². The highest BCUT2D eigenvalue weighted by Crippen LogP contribution is 2.29. The highest BCUT2D eigenvalue weighted by molar-refractivity contribution is 6.35. The number of carboxylic acid groups (broad SMARTS) is 1. The average molecular weight is 199 g/mol. The largest absolute Gasteiger partial charge is 0.480 e. The summed E-state index contributed by atoms with van der Waals surface area (Å²) in [5, 5.41) is 8.97. The van der Waals surface area contributed by atoms with Gasteiger partial charge in [-0.05, 0) is 19.8 Å². The van der Waals surface area contributed by atoms with Crippen molar-refractivity contribution in [3.63, 3.8) is 0 Å². The number of amides is 1. The summed E-state index contributed by atoms with van der Waals surface area (Å²) in [5.74, 6) is -2.36. The highest BCUT2D eigenvalue weighted by Gasteiger charge is 2.46. The van der Waals surface area contributed by atoms with Gasteiger partial charge in [-0.1, -0.05) is 0 Å². The number of ketones is 1. The van der Waals surface area contributed by atoms with Gasteiger partial charge in [-0.2, -0.15) is 0 Å². The van der Waals surface area contributed by atoms with Crippen LogP contribution in [0.4, 0.5) is 0 Å². The van der Waals surface area contributed by atoms with Crippen LogP contribution < -0.4 is 0 Å². The molecule has 1 aliphatic rings. The van der Waals surface area contributed by atoms with Crippen LogP contribution in [0.2, 0.25) is 0 Å². The lowest BCUT2D eigenvalue weighted by Crippen LogP contribution is -2.52. The molecule has 0 saturated carbocycles. The molecule has 78 valence electrons. The van der Waals surface area contributed by atoms with Gasteiger partial charge in [0.05, 0.1) is 0 Å². The number of carbonyl (C=O) groups excluding carboxylic acids is 2. The molecule has 0 aromatic heterocycles. The number of carboxylic acids is 1. The zero-order chi connectivity index (χ0) is 10.9. The lowest BCUT2D eigenvalue weighted by atomic mass is 9.99. The molecule has 1 N–H and O–H groups in total. The SMILES string of the molecule is CC(=O)C(=O)N1CCC[C@]1(C)C(=O)O. The molecular formula is C9H13NO4. The molecule has 1 saturated heterocycles. The van der Waals surface area contributed by atoms with Gasteiger partial charge >= 0.3 is 5.97 Å². The number of hydrogen-bond donors (Lipinski definition) is 1. The fraction of sp³-hybridized carbons (Fsp3) is 0.667.